The number of hydrogen-bond acceptors (Lipinski definition) is 5. The molecule has 0 amide bonds. The molecule has 0 unspecified atom stereocenters. The van der Waals surface area contributed by atoms with Crippen LogP contribution in [0.2, 0.25) is 0 Å². The summed E-state index contributed by atoms with van der Waals surface area (Å²) in [5.41, 5.74) is -0.886. The van der Waals surface area contributed by atoms with Crippen molar-refractivity contribution in [3.05, 3.63) is 23.4 Å². The van der Waals surface area contributed by atoms with E-state index >= 15 is 0 Å². The zero-order chi connectivity index (χ0) is 11.0. The van der Waals surface area contributed by atoms with Gasteiger partial charge >= 0.3 is 0 Å². The second kappa shape index (κ2) is 3.68. The summed E-state index contributed by atoms with van der Waals surface area (Å²) in [5, 5.41) is 16.2. The quantitative estimate of drug-likeness (QED) is 0.870. The maximum Gasteiger partial charge on any atom is 0.258 e. The van der Waals surface area contributed by atoms with Gasteiger partial charge in [0.15, 0.2) is 0 Å². The molecule has 1 saturated carbocycles. The maximum absolute atomic E-state index is 10.3. The van der Waals surface area contributed by atoms with E-state index in [1.807, 2.05) is 17.5 Å². The number of hydrogen-bond donors (Lipinski definition) is 1. The minimum atomic E-state index is -0.886. The molecule has 0 aliphatic heterocycles. The monoisotopic (exact) mass is 236 g/mol. The van der Waals surface area contributed by atoms with E-state index in [0.29, 0.717) is 11.7 Å². The van der Waals surface area contributed by atoms with Crippen LogP contribution >= 0.6 is 11.3 Å². The summed E-state index contributed by atoms with van der Waals surface area (Å²) in [6.07, 6.45) is 3.48. The van der Waals surface area contributed by atoms with Crippen molar-refractivity contribution in [2.24, 2.45) is 0 Å². The van der Waals surface area contributed by atoms with Crippen LogP contribution in [0.15, 0.2) is 22.0 Å². The molecule has 4 nitrogen and oxygen atoms in total. The van der Waals surface area contributed by atoms with E-state index in [4.69, 9.17) is 4.52 Å². The Morgan fingerprint density at radius 1 is 1.38 bits per heavy atom. The van der Waals surface area contributed by atoms with Gasteiger partial charge in [-0.2, -0.15) is 4.98 Å². The number of aliphatic hydroxyl groups is 1. The summed E-state index contributed by atoms with van der Waals surface area (Å²) in [6, 6.07) is 3.89. The van der Waals surface area contributed by atoms with E-state index in [1.165, 1.54) is 0 Å². The predicted octanol–water partition coefficient (Wildman–Crippen LogP) is 2.56. The summed E-state index contributed by atoms with van der Waals surface area (Å²) in [4.78, 5) is 5.26. The minimum absolute atomic E-state index is 0.369. The molecule has 2 heterocycles. The van der Waals surface area contributed by atoms with Crippen molar-refractivity contribution in [3.8, 4) is 10.7 Å². The molecule has 3 rings (SSSR count). The average molecular weight is 236 g/mol. The van der Waals surface area contributed by atoms with Gasteiger partial charge in [-0.15, -0.1) is 11.3 Å². The Hall–Kier alpha value is -1.20. The first-order valence-electron chi connectivity index (χ1n) is 5.38. The Bertz CT molecular complexity index is 472. The molecular formula is C11H12N2O2S. The summed E-state index contributed by atoms with van der Waals surface area (Å²) >= 11 is 1.56. The zero-order valence-corrected chi connectivity index (χ0v) is 9.54. The van der Waals surface area contributed by atoms with Gasteiger partial charge in [-0.1, -0.05) is 11.2 Å². The number of thiophene rings is 1. The van der Waals surface area contributed by atoms with Crippen LogP contribution in [0.3, 0.4) is 0 Å². The van der Waals surface area contributed by atoms with E-state index < -0.39 is 5.60 Å². The topological polar surface area (TPSA) is 59.2 Å². The van der Waals surface area contributed by atoms with Gasteiger partial charge in [0.1, 0.15) is 5.60 Å². The van der Waals surface area contributed by atoms with Crippen LogP contribution in [0.4, 0.5) is 0 Å². The normalized spacial score (nSPS) is 19.1. The fourth-order valence-electron chi connectivity index (χ4n) is 2.09. The van der Waals surface area contributed by atoms with E-state index in [1.54, 1.807) is 11.3 Å². The van der Waals surface area contributed by atoms with Crippen molar-refractivity contribution in [2.45, 2.75) is 31.3 Å². The zero-order valence-electron chi connectivity index (χ0n) is 8.72. The molecule has 16 heavy (non-hydrogen) atoms. The van der Waals surface area contributed by atoms with Crippen molar-refractivity contribution >= 4 is 11.3 Å². The third-order valence-corrected chi connectivity index (χ3v) is 3.86. The van der Waals surface area contributed by atoms with Gasteiger partial charge in [0.2, 0.25) is 5.82 Å². The molecule has 0 aromatic carbocycles. The van der Waals surface area contributed by atoms with Crippen molar-refractivity contribution in [3.63, 3.8) is 0 Å². The lowest BCUT2D eigenvalue weighted by atomic mass is 10.0. The first kappa shape index (κ1) is 9.99. The lowest BCUT2D eigenvalue weighted by Gasteiger charge is -2.15. The molecule has 0 radical (unpaired) electrons. The molecule has 1 aliphatic carbocycles. The highest BCUT2D eigenvalue weighted by Gasteiger charge is 2.38. The van der Waals surface area contributed by atoms with Crippen molar-refractivity contribution in [2.75, 3.05) is 0 Å². The highest BCUT2D eigenvalue weighted by Crippen LogP contribution is 2.38. The van der Waals surface area contributed by atoms with Gasteiger partial charge < -0.3 is 9.63 Å². The van der Waals surface area contributed by atoms with Crippen molar-refractivity contribution in [1.29, 1.82) is 0 Å². The Kier molecular flexibility index (Phi) is 2.29. The smallest absolute Gasteiger partial charge is 0.258 e. The van der Waals surface area contributed by atoms with Crippen molar-refractivity contribution < 1.29 is 9.63 Å². The molecule has 2 aromatic rings. The van der Waals surface area contributed by atoms with E-state index in [0.717, 1.165) is 30.6 Å². The number of nitrogens with zero attached hydrogens (tertiary/aromatic N) is 2. The molecule has 0 bridgehead atoms. The molecular weight excluding hydrogens is 224 g/mol. The van der Waals surface area contributed by atoms with Crippen LogP contribution in [0, 0.1) is 0 Å². The van der Waals surface area contributed by atoms with Crippen LogP contribution in [-0.4, -0.2) is 15.2 Å². The second-order valence-electron chi connectivity index (χ2n) is 4.14. The van der Waals surface area contributed by atoms with Gasteiger partial charge in [-0.05, 0) is 37.1 Å². The molecule has 0 atom stereocenters. The SMILES string of the molecule is OC1(c2nc(-c3cccs3)no2)CCCC1. The summed E-state index contributed by atoms with van der Waals surface area (Å²) < 4.78 is 5.17. The van der Waals surface area contributed by atoms with Gasteiger partial charge in [0.05, 0.1) is 4.88 Å². The average Bonchev–Trinajstić information content (AvgIpc) is 2.98. The van der Waals surface area contributed by atoms with Crippen LogP contribution in [-0.2, 0) is 5.60 Å². The largest absolute Gasteiger partial charge is 0.380 e. The lowest BCUT2D eigenvalue weighted by Crippen LogP contribution is -2.21. The standard InChI is InChI=1S/C11H12N2O2S/c14-11(5-1-2-6-11)10-12-9(13-15-10)8-4-3-7-16-8/h3-4,7,14H,1-2,5-6H2. The third kappa shape index (κ3) is 1.56. The first-order chi connectivity index (χ1) is 7.78. The summed E-state index contributed by atoms with van der Waals surface area (Å²) in [6.45, 7) is 0. The molecule has 1 N–H and O–H groups in total. The van der Waals surface area contributed by atoms with E-state index in [9.17, 15) is 5.11 Å². The summed E-state index contributed by atoms with van der Waals surface area (Å²) in [7, 11) is 0. The van der Waals surface area contributed by atoms with Crippen molar-refractivity contribution in [1.82, 2.24) is 10.1 Å². The number of aromatic nitrogens is 2. The fourth-order valence-corrected chi connectivity index (χ4v) is 2.74. The maximum atomic E-state index is 10.3. The highest BCUT2D eigenvalue weighted by atomic mass is 32.1. The lowest BCUT2D eigenvalue weighted by molar-refractivity contribution is 0.0112. The second-order valence-corrected chi connectivity index (χ2v) is 5.09. The Balaban J connectivity index is 1.93. The van der Waals surface area contributed by atoms with Crippen LogP contribution in [0.25, 0.3) is 10.7 Å². The number of rotatable bonds is 2. The van der Waals surface area contributed by atoms with Gasteiger partial charge in [-0.25, -0.2) is 0 Å². The fraction of sp³-hybridized carbons (Fsp3) is 0.455. The Morgan fingerprint density at radius 2 is 2.19 bits per heavy atom. The van der Waals surface area contributed by atoms with E-state index in [2.05, 4.69) is 10.1 Å². The first-order valence-corrected chi connectivity index (χ1v) is 6.26. The molecule has 84 valence electrons. The Labute approximate surface area is 96.9 Å². The summed E-state index contributed by atoms with van der Waals surface area (Å²) in [5.74, 6) is 0.943. The third-order valence-electron chi connectivity index (χ3n) is 3.00. The van der Waals surface area contributed by atoms with Gasteiger partial charge in [-0.3, -0.25) is 0 Å². The minimum Gasteiger partial charge on any atom is -0.380 e. The van der Waals surface area contributed by atoms with Crippen LogP contribution in [0.5, 0.6) is 0 Å². The molecule has 0 spiro atoms. The molecule has 5 heteroatoms. The molecule has 1 fully saturated rings. The molecule has 2 aromatic heterocycles. The molecule has 1 aliphatic rings. The van der Waals surface area contributed by atoms with Crippen LogP contribution in [0.1, 0.15) is 31.6 Å². The highest BCUT2D eigenvalue weighted by molar-refractivity contribution is 7.13. The van der Waals surface area contributed by atoms with E-state index in [-0.39, 0.29) is 0 Å². The predicted molar refractivity (Wildman–Crippen MR) is 60.0 cm³/mol. The Morgan fingerprint density at radius 3 is 2.88 bits per heavy atom. The van der Waals surface area contributed by atoms with Gasteiger partial charge in [0, 0.05) is 0 Å². The molecule has 0 saturated heterocycles. The van der Waals surface area contributed by atoms with Crippen LogP contribution < -0.4 is 0 Å². The van der Waals surface area contributed by atoms with Gasteiger partial charge in [0.25, 0.3) is 5.89 Å².